The van der Waals surface area contributed by atoms with E-state index in [-0.39, 0.29) is 0 Å². The zero-order valence-electron chi connectivity index (χ0n) is 9.43. The fourth-order valence-electron chi connectivity index (χ4n) is 1.03. The molecule has 1 aromatic rings. The van der Waals surface area contributed by atoms with Crippen molar-refractivity contribution in [3.63, 3.8) is 0 Å². The molecule has 0 saturated carbocycles. The fourth-order valence-corrected chi connectivity index (χ4v) is 1.51. The maximum absolute atomic E-state index is 5.42. The van der Waals surface area contributed by atoms with Crippen molar-refractivity contribution >= 4 is 16.5 Å². The van der Waals surface area contributed by atoms with Crippen molar-refractivity contribution in [2.45, 2.75) is 13.3 Å². The summed E-state index contributed by atoms with van der Waals surface area (Å²) in [7, 11) is 1.89. The standard InChI is InChI=1S/C10H16N4OS/c1-3-8(12-2)6-4-5-7-15-10-14-13-9(11)16-10/h3-4,6,12H,5,7H2,1-2H3,(H2,11,13)/b6-4-,8-3+. The van der Waals surface area contributed by atoms with Crippen LogP contribution in [-0.2, 0) is 0 Å². The second-order valence-corrected chi connectivity index (χ2v) is 3.91. The van der Waals surface area contributed by atoms with Gasteiger partial charge in [-0.3, -0.25) is 0 Å². The third-order valence-electron chi connectivity index (χ3n) is 1.83. The van der Waals surface area contributed by atoms with Crippen LogP contribution in [0.5, 0.6) is 5.19 Å². The molecule has 0 saturated heterocycles. The van der Waals surface area contributed by atoms with Crippen molar-refractivity contribution in [1.82, 2.24) is 15.5 Å². The number of likely N-dealkylation sites (N-methyl/N-ethyl adjacent to an activating group) is 1. The minimum Gasteiger partial charge on any atom is -0.469 e. The minimum atomic E-state index is 0.428. The zero-order valence-corrected chi connectivity index (χ0v) is 10.3. The summed E-state index contributed by atoms with van der Waals surface area (Å²) in [5.41, 5.74) is 6.50. The Morgan fingerprint density at radius 2 is 2.38 bits per heavy atom. The number of hydrogen-bond acceptors (Lipinski definition) is 6. The van der Waals surface area contributed by atoms with E-state index in [4.69, 9.17) is 10.5 Å². The summed E-state index contributed by atoms with van der Waals surface area (Å²) in [5, 5.41) is 11.4. The van der Waals surface area contributed by atoms with Crippen molar-refractivity contribution in [3.05, 3.63) is 23.9 Å². The number of rotatable bonds is 6. The molecule has 0 radical (unpaired) electrons. The molecule has 0 amide bonds. The number of nitrogens with zero attached hydrogens (tertiary/aromatic N) is 2. The van der Waals surface area contributed by atoms with Gasteiger partial charge in [0.05, 0.1) is 6.61 Å². The van der Waals surface area contributed by atoms with Gasteiger partial charge >= 0.3 is 0 Å². The quantitative estimate of drug-likeness (QED) is 0.583. The molecule has 0 aliphatic rings. The molecule has 88 valence electrons. The maximum Gasteiger partial charge on any atom is 0.295 e. The average Bonchev–Trinajstić information content (AvgIpc) is 2.70. The third kappa shape index (κ3) is 4.31. The summed E-state index contributed by atoms with van der Waals surface area (Å²) in [6, 6.07) is 0. The topological polar surface area (TPSA) is 73.1 Å². The molecule has 16 heavy (non-hydrogen) atoms. The van der Waals surface area contributed by atoms with Crippen LogP contribution < -0.4 is 15.8 Å². The lowest BCUT2D eigenvalue weighted by molar-refractivity contribution is 0.320. The Labute approximate surface area is 99.0 Å². The van der Waals surface area contributed by atoms with Crippen LogP contribution in [0.4, 0.5) is 5.13 Å². The van der Waals surface area contributed by atoms with Crippen LogP contribution in [0.2, 0.25) is 0 Å². The predicted molar refractivity (Wildman–Crippen MR) is 66.4 cm³/mol. The van der Waals surface area contributed by atoms with Crippen molar-refractivity contribution < 1.29 is 4.74 Å². The summed E-state index contributed by atoms with van der Waals surface area (Å²) >= 11 is 1.25. The number of ether oxygens (including phenoxy) is 1. The SMILES string of the molecule is C/C=C(\C=C/CCOc1nnc(N)s1)NC. The van der Waals surface area contributed by atoms with Crippen LogP contribution >= 0.6 is 11.3 Å². The van der Waals surface area contributed by atoms with E-state index in [0.717, 1.165) is 12.1 Å². The van der Waals surface area contributed by atoms with E-state index in [1.165, 1.54) is 11.3 Å². The Morgan fingerprint density at radius 1 is 1.56 bits per heavy atom. The molecule has 0 fully saturated rings. The lowest BCUT2D eigenvalue weighted by atomic mass is 10.3. The number of aromatic nitrogens is 2. The summed E-state index contributed by atoms with van der Waals surface area (Å²) in [6.07, 6.45) is 6.87. The van der Waals surface area contributed by atoms with Gasteiger partial charge in [-0.05, 0) is 30.8 Å². The molecule has 0 aromatic carbocycles. The predicted octanol–water partition coefficient (Wildman–Crippen LogP) is 1.57. The van der Waals surface area contributed by atoms with Crippen LogP contribution in [0.15, 0.2) is 23.9 Å². The van der Waals surface area contributed by atoms with Gasteiger partial charge in [-0.25, -0.2) is 0 Å². The molecule has 0 aliphatic heterocycles. The van der Waals surface area contributed by atoms with Crippen LogP contribution in [0.1, 0.15) is 13.3 Å². The molecule has 1 rings (SSSR count). The highest BCUT2D eigenvalue weighted by molar-refractivity contribution is 7.16. The first-order chi connectivity index (χ1) is 7.76. The van der Waals surface area contributed by atoms with E-state index in [9.17, 15) is 0 Å². The van der Waals surface area contributed by atoms with E-state index in [1.807, 2.05) is 32.2 Å². The van der Waals surface area contributed by atoms with Gasteiger partial charge in [0.2, 0.25) is 5.13 Å². The normalized spacial score (nSPS) is 12.0. The smallest absolute Gasteiger partial charge is 0.295 e. The van der Waals surface area contributed by atoms with Crippen LogP contribution in [-0.4, -0.2) is 23.9 Å². The summed E-state index contributed by atoms with van der Waals surface area (Å²) in [4.78, 5) is 0. The van der Waals surface area contributed by atoms with Gasteiger partial charge in [0.15, 0.2) is 0 Å². The average molecular weight is 240 g/mol. The van der Waals surface area contributed by atoms with E-state index in [0.29, 0.717) is 16.9 Å². The van der Waals surface area contributed by atoms with Gasteiger partial charge in [-0.1, -0.05) is 17.3 Å². The lowest BCUT2D eigenvalue weighted by Gasteiger charge is -1.99. The molecule has 0 unspecified atom stereocenters. The number of nitrogens with one attached hydrogen (secondary N) is 1. The highest BCUT2D eigenvalue weighted by Gasteiger charge is 1.99. The highest BCUT2D eigenvalue weighted by Crippen LogP contribution is 2.18. The van der Waals surface area contributed by atoms with Gasteiger partial charge in [-0.2, -0.15) is 0 Å². The number of nitrogen functional groups attached to an aromatic ring is 1. The van der Waals surface area contributed by atoms with Crippen molar-refractivity contribution in [2.24, 2.45) is 0 Å². The molecule has 6 heteroatoms. The number of hydrogen-bond donors (Lipinski definition) is 2. The van der Waals surface area contributed by atoms with Gasteiger partial charge in [0, 0.05) is 12.7 Å². The largest absolute Gasteiger partial charge is 0.469 e. The monoisotopic (exact) mass is 240 g/mol. The van der Waals surface area contributed by atoms with Gasteiger partial charge in [0.25, 0.3) is 5.19 Å². The first-order valence-corrected chi connectivity index (χ1v) is 5.80. The van der Waals surface area contributed by atoms with Crippen molar-refractivity contribution in [3.8, 4) is 5.19 Å². The second-order valence-electron chi connectivity index (χ2n) is 2.94. The van der Waals surface area contributed by atoms with Gasteiger partial charge in [-0.15, -0.1) is 5.10 Å². The molecule has 0 aliphatic carbocycles. The third-order valence-corrected chi connectivity index (χ3v) is 2.49. The van der Waals surface area contributed by atoms with E-state index < -0.39 is 0 Å². The van der Waals surface area contributed by atoms with Crippen molar-refractivity contribution in [1.29, 1.82) is 0 Å². The van der Waals surface area contributed by atoms with Crippen LogP contribution in [0, 0.1) is 0 Å². The molecular weight excluding hydrogens is 224 g/mol. The van der Waals surface area contributed by atoms with Crippen LogP contribution in [0.3, 0.4) is 0 Å². The summed E-state index contributed by atoms with van der Waals surface area (Å²) in [5.74, 6) is 0. The number of allylic oxidation sites excluding steroid dienone is 2. The fraction of sp³-hybridized carbons (Fsp3) is 0.400. The Balaban J connectivity index is 2.21. The molecule has 0 atom stereocenters. The maximum atomic E-state index is 5.42. The van der Waals surface area contributed by atoms with Gasteiger partial charge in [0.1, 0.15) is 0 Å². The first-order valence-electron chi connectivity index (χ1n) is 4.98. The highest BCUT2D eigenvalue weighted by atomic mass is 32.1. The summed E-state index contributed by atoms with van der Waals surface area (Å²) < 4.78 is 5.35. The Bertz CT molecular complexity index is 373. The van der Waals surface area contributed by atoms with Crippen LogP contribution in [0.25, 0.3) is 0 Å². The minimum absolute atomic E-state index is 0.428. The molecule has 1 aromatic heterocycles. The number of anilines is 1. The lowest BCUT2D eigenvalue weighted by Crippen LogP contribution is -2.02. The molecule has 0 spiro atoms. The molecular formula is C10H16N4OS. The van der Waals surface area contributed by atoms with E-state index >= 15 is 0 Å². The molecule has 0 bridgehead atoms. The van der Waals surface area contributed by atoms with Gasteiger partial charge < -0.3 is 15.8 Å². The Hall–Kier alpha value is -1.56. The zero-order chi connectivity index (χ0) is 11.8. The molecule has 3 N–H and O–H groups in total. The summed E-state index contributed by atoms with van der Waals surface area (Å²) in [6.45, 7) is 2.56. The van der Waals surface area contributed by atoms with E-state index in [2.05, 4.69) is 15.5 Å². The number of nitrogens with two attached hydrogens (primary N) is 1. The first kappa shape index (κ1) is 12.5. The van der Waals surface area contributed by atoms with E-state index in [1.54, 1.807) is 0 Å². The second kappa shape index (κ2) is 6.84. The Kier molecular flexibility index (Phi) is 5.35. The molecule has 1 heterocycles. The Morgan fingerprint density at radius 3 is 2.94 bits per heavy atom. The molecule has 5 nitrogen and oxygen atoms in total. The van der Waals surface area contributed by atoms with Crippen molar-refractivity contribution in [2.75, 3.05) is 19.4 Å².